The predicted octanol–water partition coefficient (Wildman–Crippen LogP) is 4.79. The molecule has 30 heavy (non-hydrogen) atoms. The molecule has 1 aliphatic heterocycles. The van der Waals surface area contributed by atoms with Crippen LogP contribution < -0.4 is 4.90 Å². The maximum Gasteiger partial charge on any atom is 0.254 e. The zero-order valence-electron chi connectivity index (χ0n) is 16.2. The first-order valence-corrected chi connectivity index (χ1v) is 10.2. The van der Waals surface area contributed by atoms with Crippen LogP contribution in [0.5, 0.6) is 0 Å². The Morgan fingerprint density at radius 1 is 1.13 bits per heavy atom. The van der Waals surface area contributed by atoms with E-state index in [4.69, 9.17) is 27.6 Å². The van der Waals surface area contributed by atoms with Gasteiger partial charge in [0.2, 0.25) is 17.5 Å². The van der Waals surface area contributed by atoms with Crippen LogP contribution in [0.3, 0.4) is 0 Å². The third-order valence-corrected chi connectivity index (χ3v) is 5.65. The predicted molar refractivity (Wildman–Crippen MR) is 116 cm³/mol. The van der Waals surface area contributed by atoms with Gasteiger partial charge in [-0.25, -0.2) is 0 Å². The van der Waals surface area contributed by atoms with Crippen LogP contribution in [0, 0.1) is 18.3 Å². The summed E-state index contributed by atoms with van der Waals surface area (Å²) in [5.41, 5.74) is 2.42. The number of oxazole rings is 1. The van der Waals surface area contributed by atoms with Gasteiger partial charge in [0.1, 0.15) is 6.07 Å². The minimum atomic E-state index is 0.0134. The zero-order valence-corrected chi connectivity index (χ0v) is 17.7. The molecule has 2 aromatic carbocycles. The van der Waals surface area contributed by atoms with Crippen molar-refractivity contribution in [2.75, 3.05) is 31.1 Å². The number of aromatic nitrogens is 1. The molecule has 2 heterocycles. The molecule has 1 aromatic heterocycles. The number of amides is 1. The van der Waals surface area contributed by atoms with Gasteiger partial charge >= 0.3 is 0 Å². The van der Waals surface area contributed by atoms with Gasteiger partial charge in [0.05, 0.1) is 10.6 Å². The minimum absolute atomic E-state index is 0.0134. The first kappa shape index (κ1) is 20.3. The van der Waals surface area contributed by atoms with E-state index in [-0.39, 0.29) is 17.5 Å². The van der Waals surface area contributed by atoms with Gasteiger partial charge in [-0.05, 0) is 36.8 Å². The summed E-state index contributed by atoms with van der Waals surface area (Å²) >= 11 is 12.2. The molecular formula is C22H18Cl2N4O2. The van der Waals surface area contributed by atoms with Crippen molar-refractivity contribution >= 4 is 35.0 Å². The number of nitrogens with zero attached hydrogens (tertiary/aromatic N) is 4. The molecule has 0 saturated carbocycles. The summed E-state index contributed by atoms with van der Waals surface area (Å²) in [5.74, 6) is 0.669. The summed E-state index contributed by atoms with van der Waals surface area (Å²) in [4.78, 5) is 20.9. The molecule has 0 atom stereocenters. The molecule has 0 radical (unpaired) electrons. The molecule has 1 aliphatic rings. The highest BCUT2D eigenvalue weighted by Crippen LogP contribution is 2.34. The lowest BCUT2D eigenvalue weighted by Gasteiger charge is -2.34. The lowest BCUT2D eigenvalue weighted by atomic mass is 10.1. The molecule has 0 bridgehead atoms. The Labute approximate surface area is 184 Å². The third-order valence-electron chi connectivity index (χ3n) is 5.11. The first-order chi connectivity index (χ1) is 14.5. The van der Waals surface area contributed by atoms with Crippen molar-refractivity contribution in [3.8, 4) is 17.5 Å². The fraction of sp³-hybridized carbons (Fsp3) is 0.227. The van der Waals surface area contributed by atoms with Crippen LogP contribution in [0.4, 0.5) is 5.88 Å². The van der Waals surface area contributed by atoms with Crippen molar-refractivity contribution in [1.29, 1.82) is 5.26 Å². The highest BCUT2D eigenvalue weighted by molar-refractivity contribution is 6.36. The van der Waals surface area contributed by atoms with Crippen LogP contribution in [0.15, 0.2) is 46.9 Å². The lowest BCUT2D eigenvalue weighted by Crippen LogP contribution is -2.49. The molecular weight excluding hydrogens is 423 g/mol. The second kappa shape index (κ2) is 8.39. The van der Waals surface area contributed by atoms with Gasteiger partial charge in [-0.15, -0.1) is 0 Å². The number of hydrogen-bond acceptors (Lipinski definition) is 5. The highest BCUT2D eigenvalue weighted by atomic mass is 35.5. The molecule has 0 unspecified atom stereocenters. The van der Waals surface area contributed by atoms with E-state index in [0.717, 1.165) is 5.56 Å². The van der Waals surface area contributed by atoms with Crippen molar-refractivity contribution in [2.45, 2.75) is 6.92 Å². The molecule has 0 N–H and O–H groups in total. The molecule has 8 heteroatoms. The number of benzene rings is 2. The maximum atomic E-state index is 12.8. The van der Waals surface area contributed by atoms with Crippen molar-refractivity contribution in [3.05, 3.63) is 69.3 Å². The Bertz CT molecular complexity index is 1140. The van der Waals surface area contributed by atoms with Gasteiger partial charge < -0.3 is 14.2 Å². The Hall–Kier alpha value is -3.01. The Morgan fingerprint density at radius 3 is 2.53 bits per heavy atom. The molecule has 0 aliphatic carbocycles. The zero-order chi connectivity index (χ0) is 21.3. The van der Waals surface area contributed by atoms with Crippen molar-refractivity contribution < 1.29 is 9.21 Å². The van der Waals surface area contributed by atoms with Crippen LogP contribution in [0.25, 0.3) is 11.5 Å². The number of halogens is 2. The normalized spacial score (nSPS) is 13.9. The number of nitriles is 1. The van der Waals surface area contributed by atoms with Gasteiger partial charge in [0.15, 0.2) is 0 Å². The Morgan fingerprint density at radius 2 is 1.87 bits per heavy atom. The number of carbonyl (C=O) groups is 1. The van der Waals surface area contributed by atoms with Gasteiger partial charge in [-0.2, -0.15) is 10.2 Å². The number of anilines is 1. The monoisotopic (exact) mass is 440 g/mol. The van der Waals surface area contributed by atoms with E-state index in [1.54, 1.807) is 18.2 Å². The SMILES string of the molecule is Cc1ccccc1C(=O)N1CCN(c2oc(-c3ccc(Cl)cc3Cl)nc2C#N)CC1. The third kappa shape index (κ3) is 3.87. The van der Waals surface area contributed by atoms with Crippen LogP contribution in [0.1, 0.15) is 21.6 Å². The summed E-state index contributed by atoms with van der Waals surface area (Å²) in [6.45, 7) is 4.05. The van der Waals surface area contributed by atoms with Gasteiger partial charge in [-0.1, -0.05) is 41.4 Å². The van der Waals surface area contributed by atoms with E-state index in [9.17, 15) is 10.1 Å². The number of piperazine rings is 1. The molecule has 1 amide bonds. The van der Waals surface area contributed by atoms with E-state index >= 15 is 0 Å². The van der Waals surface area contributed by atoms with Crippen molar-refractivity contribution in [2.24, 2.45) is 0 Å². The largest absolute Gasteiger partial charge is 0.419 e. The molecule has 0 spiro atoms. The van der Waals surface area contributed by atoms with Gasteiger partial charge in [0, 0.05) is 36.8 Å². The van der Waals surface area contributed by atoms with Gasteiger partial charge in [0.25, 0.3) is 5.91 Å². The number of aryl methyl sites for hydroxylation is 1. The topological polar surface area (TPSA) is 73.4 Å². The Kier molecular flexibility index (Phi) is 5.67. The number of rotatable bonds is 3. The molecule has 3 aromatic rings. The van der Waals surface area contributed by atoms with Gasteiger partial charge in [-0.3, -0.25) is 4.79 Å². The summed E-state index contributed by atoms with van der Waals surface area (Å²) < 4.78 is 5.91. The minimum Gasteiger partial charge on any atom is -0.419 e. The summed E-state index contributed by atoms with van der Waals surface area (Å²) in [7, 11) is 0. The summed E-state index contributed by atoms with van der Waals surface area (Å²) in [6, 6.07) is 14.6. The molecule has 1 fully saturated rings. The first-order valence-electron chi connectivity index (χ1n) is 9.44. The van der Waals surface area contributed by atoms with Crippen LogP contribution >= 0.6 is 23.2 Å². The van der Waals surface area contributed by atoms with E-state index in [2.05, 4.69) is 11.1 Å². The smallest absolute Gasteiger partial charge is 0.254 e. The Balaban J connectivity index is 1.52. The van der Waals surface area contributed by atoms with E-state index in [0.29, 0.717) is 53.2 Å². The molecule has 6 nitrogen and oxygen atoms in total. The van der Waals surface area contributed by atoms with Crippen LogP contribution in [-0.2, 0) is 0 Å². The average molecular weight is 441 g/mol. The second-order valence-corrected chi connectivity index (χ2v) is 7.85. The lowest BCUT2D eigenvalue weighted by molar-refractivity contribution is 0.0744. The summed E-state index contributed by atoms with van der Waals surface area (Å²) in [5, 5.41) is 10.4. The standard InChI is InChI=1S/C22H18Cl2N4O2/c1-14-4-2-3-5-16(14)21(29)27-8-10-28(11-9-27)22-19(13-25)26-20(30-22)17-7-6-15(23)12-18(17)24/h2-7,12H,8-11H2,1H3. The van der Waals surface area contributed by atoms with Crippen molar-refractivity contribution in [3.63, 3.8) is 0 Å². The number of carbonyl (C=O) groups excluding carboxylic acids is 1. The fourth-order valence-corrected chi connectivity index (χ4v) is 3.96. The van der Waals surface area contributed by atoms with Crippen LogP contribution in [0.2, 0.25) is 10.0 Å². The molecule has 1 saturated heterocycles. The van der Waals surface area contributed by atoms with E-state index in [1.165, 1.54) is 0 Å². The van der Waals surface area contributed by atoms with Crippen molar-refractivity contribution in [1.82, 2.24) is 9.88 Å². The maximum absolute atomic E-state index is 12.8. The molecule has 4 rings (SSSR count). The summed E-state index contributed by atoms with van der Waals surface area (Å²) in [6.07, 6.45) is 0. The molecule has 152 valence electrons. The van der Waals surface area contributed by atoms with Crippen LogP contribution in [-0.4, -0.2) is 42.0 Å². The second-order valence-electron chi connectivity index (χ2n) is 7.00. The average Bonchev–Trinajstić information content (AvgIpc) is 3.18. The quantitative estimate of drug-likeness (QED) is 0.584. The highest BCUT2D eigenvalue weighted by Gasteiger charge is 2.27. The number of hydrogen-bond donors (Lipinski definition) is 0. The van der Waals surface area contributed by atoms with E-state index < -0.39 is 0 Å². The fourth-order valence-electron chi connectivity index (χ4n) is 3.47. The van der Waals surface area contributed by atoms with E-state index in [1.807, 2.05) is 41.0 Å².